The summed E-state index contributed by atoms with van der Waals surface area (Å²) in [6.07, 6.45) is 0.824. The van der Waals surface area contributed by atoms with E-state index in [1.807, 2.05) is 18.2 Å². The molecular weight excluding hydrogens is 783 g/mol. The second-order valence-corrected chi connectivity index (χ2v) is 17.8. The van der Waals surface area contributed by atoms with Gasteiger partial charge in [-0.1, -0.05) is 152 Å². The number of thiazole rings is 1. The van der Waals surface area contributed by atoms with Crippen molar-refractivity contribution in [3.63, 3.8) is 0 Å². The Labute approximate surface area is 358 Å². The van der Waals surface area contributed by atoms with E-state index in [1.165, 1.54) is 63.5 Å². The smallest absolute Gasteiger partial charge is 0.238 e. The fourth-order valence-corrected chi connectivity index (χ4v) is 11.7. The molecule has 286 valence electrons. The molecule has 12 aromatic rings. The Morgan fingerprint density at radius 1 is 0.459 bits per heavy atom. The maximum absolute atomic E-state index is 5.46. The highest BCUT2D eigenvalue weighted by molar-refractivity contribution is 7.26. The van der Waals surface area contributed by atoms with Crippen LogP contribution in [-0.2, 0) is 6.42 Å². The minimum absolute atomic E-state index is 0.143. The third kappa shape index (κ3) is 5.44. The lowest BCUT2D eigenvalue weighted by Crippen LogP contribution is -2.14. The summed E-state index contributed by atoms with van der Waals surface area (Å²) in [5, 5.41) is 5.87. The molecule has 1 atom stereocenters. The summed E-state index contributed by atoms with van der Waals surface area (Å²) in [5.41, 5.74) is 12.8. The van der Waals surface area contributed by atoms with Crippen molar-refractivity contribution in [1.29, 1.82) is 0 Å². The van der Waals surface area contributed by atoms with Gasteiger partial charge in [-0.05, 0) is 64.6 Å². The van der Waals surface area contributed by atoms with Gasteiger partial charge >= 0.3 is 0 Å². The summed E-state index contributed by atoms with van der Waals surface area (Å²) < 4.78 is 5.94. The van der Waals surface area contributed by atoms with Crippen molar-refractivity contribution in [3.05, 3.63) is 199 Å². The number of rotatable bonds is 5. The fraction of sp³-hybridized carbons (Fsp3) is 0.0370. The monoisotopic (exact) mass is 815 g/mol. The average molecular weight is 816 g/mol. The SMILES string of the molecule is c1ccc(-c2nc(-c3cccc4c3sc3ccccc34)nc(-n3c4ccccc4c4ccc5c(c43)CC(c3ccc(-c4nc6ccccc6s4)cc3)c3ccccc3-5)n2)cc1. The highest BCUT2D eigenvalue weighted by Crippen LogP contribution is 2.48. The summed E-state index contributed by atoms with van der Waals surface area (Å²) in [6, 6.07) is 65.1. The summed E-state index contributed by atoms with van der Waals surface area (Å²) in [6.45, 7) is 0. The largest absolute Gasteiger partial charge is 0.277 e. The second kappa shape index (κ2) is 13.6. The standard InChI is InChI=1S/C54H33N5S2/c1-2-13-33(14-3-1)51-56-52(42-20-12-19-41-39-18-7-10-23-47(39)60-50(41)42)58-54(57-51)59-46-22-9-6-17-38(46)40-30-29-37-35-15-4-5-16-36(35)43(31-44(37)49(40)59)32-25-27-34(28-26-32)53-55-45-21-8-11-24-48(45)61-53/h1-30,43H,31H2. The minimum Gasteiger partial charge on any atom is -0.277 e. The van der Waals surface area contributed by atoms with Crippen LogP contribution < -0.4 is 0 Å². The Bertz CT molecular complexity index is 3660. The average Bonchev–Trinajstić information content (AvgIpc) is 4.04. The molecule has 0 bridgehead atoms. The van der Waals surface area contributed by atoms with Crippen LogP contribution in [-0.4, -0.2) is 24.5 Å². The third-order valence-corrected chi connectivity index (χ3v) is 14.6. The lowest BCUT2D eigenvalue weighted by atomic mass is 9.75. The highest BCUT2D eigenvalue weighted by Gasteiger charge is 2.30. The number of nitrogens with zero attached hydrogens (tertiary/aromatic N) is 5. The van der Waals surface area contributed by atoms with Gasteiger partial charge in [-0.2, -0.15) is 9.97 Å². The van der Waals surface area contributed by atoms with Gasteiger partial charge in [-0.25, -0.2) is 9.97 Å². The molecule has 4 aromatic heterocycles. The molecule has 8 aromatic carbocycles. The zero-order chi connectivity index (χ0) is 40.0. The van der Waals surface area contributed by atoms with Crippen molar-refractivity contribution in [2.75, 3.05) is 0 Å². The fourth-order valence-electron chi connectivity index (χ4n) is 9.53. The van der Waals surface area contributed by atoms with Gasteiger partial charge in [0.05, 0.1) is 21.3 Å². The van der Waals surface area contributed by atoms with Gasteiger partial charge < -0.3 is 0 Å². The molecule has 0 spiro atoms. The van der Waals surface area contributed by atoms with Crippen LogP contribution in [0.25, 0.3) is 103 Å². The van der Waals surface area contributed by atoms with E-state index in [9.17, 15) is 0 Å². The first-order valence-electron chi connectivity index (χ1n) is 20.6. The summed E-state index contributed by atoms with van der Waals surface area (Å²) in [5.74, 6) is 2.06. The summed E-state index contributed by atoms with van der Waals surface area (Å²) >= 11 is 3.54. The predicted molar refractivity (Wildman–Crippen MR) is 254 cm³/mol. The summed E-state index contributed by atoms with van der Waals surface area (Å²) in [7, 11) is 0. The zero-order valence-corrected chi connectivity index (χ0v) is 34.3. The third-order valence-electron chi connectivity index (χ3n) is 12.3. The van der Waals surface area contributed by atoms with Crippen molar-refractivity contribution in [2.45, 2.75) is 12.3 Å². The molecule has 0 amide bonds. The Balaban J connectivity index is 1.03. The molecule has 0 N–H and O–H groups in total. The molecule has 1 aliphatic carbocycles. The molecule has 0 saturated heterocycles. The maximum atomic E-state index is 5.46. The number of para-hydroxylation sites is 2. The molecule has 13 rings (SSSR count). The topological polar surface area (TPSA) is 56.5 Å². The van der Waals surface area contributed by atoms with E-state index < -0.39 is 0 Å². The van der Waals surface area contributed by atoms with Gasteiger partial charge in [0.15, 0.2) is 11.6 Å². The van der Waals surface area contributed by atoms with Crippen molar-refractivity contribution < 1.29 is 0 Å². The van der Waals surface area contributed by atoms with E-state index in [4.69, 9.17) is 19.9 Å². The van der Waals surface area contributed by atoms with Crippen LogP contribution in [0.2, 0.25) is 0 Å². The highest BCUT2D eigenvalue weighted by atomic mass is 32.1. The number of thiophene rings is 1. The maximum Gasteiger partial charge on any atom is 0.238 e. The lowest BCUT2D eigenvalue weighted by Gasteiger charge is -2.29. The Morgan fingerprint density at radius 2 is 1.18 bits per heavy atom. The van der Waals surface area contributed by atoms with Crippen LogP contribution in [0.3, 0.4) is 0 Å². The van der Waals surface area contributed by atoms with E-state index in [-0.39, 0.29) is 5.92 Å². The quantitative estimate of drug-likeness (QED) is 0.174. The van der Waals surface area contributed by atoms with Crippen molar-refractivity contribution >= 4 is 74.9 Å². The van der Waals surface area contributed by atoms with Crippen LogP contribution in [0.1, 0.15) is 22.6 Å². The van der Waals surface area contributed by atoms with E-state index in [0.29, 0.717) is 17.6 Å². The van der Waals surface area contributed by atoms with Crippen LogP contribution in [0.5, 0.6) is 0 Å². The molecule has 7 heteroatoms. The van der Waals surface area contributed by atoms with Gasteiger partial charge in [-0.15, -0.1) is 22.7 Å². The molecule has 61 heavy (non-hydrogen) atoms. The number of fused-ring (bicyclic) bond motifs is 11. The Morgan fingerprint density at radius 3 is 2.07 bits per heavy atom. The van der Waals surface area contributed by atoms with Gasteiger partial charge in [0.2, 0.25) is 5.95 Å². The van der Waals surface area contributed by atoms with Crippen molar-refractivity contribution in [2.24, 2.45) is 0 Å². The summed E-state index contributed by atoms with van der Waals surface area (Å²) in [4.78, 5) is 21.0. The Kier molecular flexibility index (Phi) is 7.70. The zero-order valence-electron chi connectivity index (χ0n) is 32.7. The molecule has 1 aliphatic rings. The second-order valence-electron chi connectivity index (χ2n) is 15.7. The van der Waals surface area contributed by atoms with Crippen LogP contribution >= 0.6 is 22.7 Å². The van der Waals surface area contributed by atoms with Crippen LogP contribution in [0.4, 0.5) is 0 Å². The molecule has 5 nitrogen and oxygen atoms in total. The number of benzene rings is 8. The minimum atomic E-state index is 0.143. The molecule has 4 heterocycles. The van der Waals surface area contributed by atoms with Gasteiger partial charge in [0.25, 0.3) is 0 Å². The molecular formula is C54H33N5S2. The molecule has 0 radical (unpaired) electrons. The lowest BCUT2D eigenvalue weighted by molar-refractivity contribution is 0.795. The first-order valence-corrected chi connectivity index (χ1v) is 22.2. The molecule has 0 fully saturated rings. The number of hydrogen-bond acceptors (Lipinski definition) is 6. The first kappa shape index (κ1) is 34.5. The van der Waals surface area contributed by atoms with E-state index in [1.54, 1.807) is 22.7 Å². The Hall–Kier alpha value is -7.32. The number of hydrogen-bond donors (Lipinski definition) is 0. The normalized spacial score (nSPS) is 13.7. The van der Waals surface area contributed by atoms with E-state index in [2.05, 4.69) is 168 Å². The van der Waals surface area contributed by atoms with Crippen molar-refractivity contribution in [3.8, 4) is 50.4 Å². The van der Waals surface area contributed by atoms with Gasteiger partial charge in [-0.3, -0.25) is 4.57 Å². The van der Waals surface area contributed by atoms with Crippen LogP contribution in [0.15, 0.2) is 182 Å². The number of aromatic nitrogens is 5. The van der Waals surface area contributed by atoms with E-state index >= 15 is 0 Å². The molecule has 0 saturated carbocycles. The molecule has 1 unspecified atom stereocenters. The van der Waals surface area contributed by atoms with Gasteiger partial charge in [0, 0.05) is 53.6 Å². The van der Waals surface area contributed by atoms with Gasteiger partial charge in [0.1, 0.15) is 5.01 Å². The molecule has 0 aliphatic heterocycles. The van der Waals surface area contributed by atoms with E-state index in [0.717, 1.165) is 44.7 Å². The predicted octanol–water partition coefficient (Wildman–Crippen LogP) is 14.3. The van der Waals surface area contributed by atoms with Crippen LogP contribution in [0, 0.1) is 0 Å². The first-order chi connectivity index (χ1) is 30.2. The van der Waals surface area contributed by atoms with Crippen molar-refractivity contribution in [1.82, 2.24) is 24.5 Å².